The molecule has 0 atom stereocenters. The highest BCUT2D eigenvalue weighted by Crippen LogP contribution is 2.38. The Morgan fingerprint density at radius 2 is 1.50 bits per heavy atom. The molecule has 0 N–H and O–H groups in total. The highest BCUT2D eigenvalue weighted by atomic mass is 32.1. The third-order valence-electron chi connectivity index (χ3n) is 3.61. The molecule has 4 heteroatoms. The standard InChI is InChI=1S/C20H15NO2S/c1-2-23-20-16(13-21)17(14-9-5-3-6-10-14)18(19(22)24-20)15-11-7-4-8-12-15/h3-12H,2H2,1H3. The van der Waals surface area contributed by atoms with Gasteiger partial charge in [-0.2, -0.15) is 5.26 Å². The molecule has 2 aromatic carbocycles. The second-order valence-electron chi connectivity index (χ2n) is 5.08. The van der Waals surface area contributed by atoms with Gasteiger partial charge in [0.25, 0.3) is 0 Å². The van der Waals surface area contributed by atoms with Crippen LogP contribution in [0.5, 0.6) is 5.06 Å². The van der Waals surface area contributed by atoms with E-state index in [0.29, 0.717) is 28.4 Å². The number of hydrogen-bond acceptors (Lipinski definition) is 4. The van der Waals surface area contributed by atoms with E-state index in [1.54, 1.807) is 0 Å². The number of nitrogens with zero attached hydrogens (tertiary/aromatic N) is 1. The molecular formula is C20H15NO2S. The number of benzene rings is 2. The van der Waals surface area contributed by atoms with Crippen LogP contribution >= 0.6 is 11.3 Å². The van der Waals surface area contributed by atoms with Gasteiger partial charge < -0.3 is 4.74 Å². The smallest absolute Gasteiger partial charge is 0.244 e. The van der Waals surface area contributed by atoms with Gasteiger partial charge in [-0.25, -0.2) is 0 Å². The molecule has 0 aliphatic heterocycles. The lowest BCUT2D eigenvalue weighted by molar-refractivity contribution is 0.349. The fourth-order valence-corrected chi connectivity index (χ4v) is 3.53. The Kier molecular flexibility index (Phi) is 4.74. The first-order chi connectivity index (χ1) is 11.8. The molecule has 0 aliphatic carbocycles. The van der Waals surface area contributed by atoms with Gasteiger partial charge in [-0.15, -0.1) is 0 Å². The molecule has 3 aromatic rings. The summed E-state index contributed by atoms with van der Waals surface area (Å²) in [5.41, 5.74) is 3.23. The monoisotopic (exact) mass is 333 g/mol. The zero-order chi connectivity index (χ0) is 16.9. The van der Waals surface area contributed by atoms with Crippen molar-refractivity contribution in [1.82, 2.24) is 0 Å². The summed E-state index contributed by atoms with van der Waals surface area (Å²) in [6.07, 6.45) is 0. The van der Waals surface area contributed by atoms with Crippen LogP contribution in [0.3, 0.4) is 0 Å². The zero-order valence-electron chi connectivity index (χ0n) is 13.2. The summed E-state index contributed by atoms with van der Waals surface area (Å²) in [5.74, 6) is 0. The lowest BCUT2D eigenvalue weighted by Gasteiger charge is -2.14. The maximum atomic E-state index is 12.8. The number of nitriles is 1. The minimum absolute atomic E-state index is 0.109. The van der Waals surface area contributed by atoms with Gasteiger partial charge in [0.05, 0.1) is 6.61 Å². The maximum Gasteiger partial charge on any atom is 0.244 e. The van der Waals surface area contributed by atoms with Crippen LogP contribution in [0, 0.1) is 11.3 Å². The van der Waals surface area contributed by atoms with E-state index in [1.807, 2.05) is 67.6 Å². The van der Waals surface area contributed by atoms with Crippen molar-refractivity contribution in [1.29, 1.82) is 5.26 Å². The first kappa shape index (κ1) is 16.0. The lowest BCUT2D eigenvalue weighted by Crippen LogP contribution is -2.07. The van der Waals surface area contributed by atoms with Gasteiger partial charge in [0.1, 0.15) is 11.6 Å². The van der Waals surface area contributed by atoms with E-state index in [9.17, 15) is 10.1 Å². The largest absolute Gasteiger partial charge is 0.483 e. The van der Waals surface area contributed by atoms with Crippen LogP contribution < -0.4 is 9.48 Å². The van der Waals surface area contributed by atoms with E-state index in [4.69, 9.17) is 4.74 Å². The molecule has 0 aliphatic rings. The van der Waals surface area contributed by atoms with Crippen molar-refractivity contribution in [3.05, 3.63) is 75.8 Å². The molecule has 1 heterocycles. The SMILES string of the molecule is CCOc1sc(=O)c(-c2ccccc2)c(-c2ccccc2)c1C#N. The van der Waals surface area contributed by atoms with Crippen LogP contribution in [0.2, 0.25) is 0 Å². The Hall–Kier alpha value is -2.90. The Morgan fingerprint density at radius 3 is 2.00 bits per heavy atom. The van der Waals surface area contributed by atoms with Crippen LogP contribution in [0.1, 0.15) is 12.5 Å². The molecule has 0 fully saturated rings. The second-order valence-corrected chi connectivity index (χ2v) is 6.02. The Balaban J connectivity index is 2.41. The second kappa shape index (κ2) is 7.12. The summed E-state index contributed by atoms with van der Waals surface area (Å²) in [5, 5.41) is 10.1. The van der Waals surface area contributed by atoms with Gasteiger partial charge in [-0.3, -0.25) is 4.79 Å². The van der Waals surface area contributed by atoms with E-state index in [1.165, 1.54) is 0 Å². The van der Waals surface area contributed by atoms with Crippen molar-refractivity contribution in [3.63, 3.8) is 0 Å². The van der Waals surface area contributed by atoms with Gasteiger partial charge in [0.15, 0.2) is 5.06 Å². The van der Waals surface area contributed by atoms with Crippen molar-refractivity contribution in [2.45, 2.75) is 6.92 Å². The van der Waals surface area contributed by atoms with E-state index >= 15 is 0 Å². The van der Waals surface area contributed by atoms with Gasteiger partial charge in [-0.1, -0.05) is 72.0 Å². The number of rotatable bonds is 4. The van der Waals surface area contributed by atoms with Crippen molar-refractivity contribution < 1.29 is 4.74 Å². The molecule has 24 heavy (non-hydrogen) atoms. The van der Waals surface area contributed by atoms with Crippen molar-refractivity contribution in [3.8, 4) is 33.4 Å². The molecule has 118 valence electrons. The fourth-order valence-electron chi connectivity index (χ4n) is 2.61. The summed E-state index contributed by atoms with van der Waals surface area (Å²) in [4.78, 5) is 12.8. The van der Waals surface area contributed by atoms with Gasteiger partial charge in [-0.05, 0) is 18.1 Å². The van der Waals surface area contributed by atoms with Crippen molar-refractivity contribution in [2.75, 3.05) is 6.61 Å². The minimum atomic E-state index is -0.109. The average molecular weight is 333 g/mol. The highest BCUT2D eigenvalue weighted by molar-refractivity contribution is 7.11. The van der Waals surface area contributed by atoms with Crippen molar-refractivity contribution in [2.24, 2.45) is 0 Å². The van der Waals surface area contributed by atoms with Crippen LogP contribution in [0.4, 0.5) is 0 Å². The van der Waals surface area contributed by atoms with Crippen LogP contribution in [0.25, 0.3) is 22.3 Å². The molecule has 0 saturated carbocycles. The average Bonchev–Trinajstić information content (AvgIpc) is 2.63. The zero-order valence-corrected chi connectivity index (χ0v) is 14.0. The molecule has 0 amide bonds. The topological polar surface area (TPSA) is 50.1 Å². The minimum Gasteiger partial charge on any atom is -0.483 e. The maximum absolute atomic E-state index is 12.8. The Labute approximate surface area is 144 Å². The van der Waals surface area contributed by atoms with E-state index in [0.717, 1.165) is 22.5 Å². The van der Waals surface area contributed by atoms with Crippen LogP contribution in [-0.4, -0.2) is 6.61 Å². The normalized spacial score (nSPS) is 10.2. The molecule has 0 saturated heterocycles. The summed E-state index contributed by atoms with van der Waals surface area (Å²) in [6.45, 7) is 2.25. The molecule has 0 radical (unpaired) electrons. The highest BCUT2D eigenvalue weighted by Gasteiger charge is 2.21. The third kappa shape index (κ3) is 2.94. The molecule has 0 spiro atoms. The lowest BCUT2D eigenvalue weighted by atomic mass is 9.94. The van der Waals surface area contributed by atoms with Crippen molar-refractivity contribution >= 4 is 11.3 Å². The quantitative estimate of drug-likeness (QED) is 0.694. The van der Waals surface area contributed by atoms with Gasteiger partial charge in [0, 0.05) is 11.1 Å². The summed E-state index contributed by atoms with van der Waals surface area (Å²) < 4.78 is 5.45. The number of hydrogen-bond donors (Lipinski definition) is 0. The molecule has 3 rings (SSSR count). The van der Waals surface area contributed by atoms with E-state index in [2.05, 4.69) is 6.07 Å². The number of ether oxygens (including phenoxy) is 1. The van der Waals surface area contributed by atoms with E-state index < -0.39 is 0 Å². The predicted molar refractivity (Wildman–Crippen MR) is 97.3 cm³/mol. The summed E-state index contributed by atoms with van der Waals surface area (Å²) in [6, 6.07) is 21.2. The summed E-state index contributed by atoms with van der Waals surface area (Å²) in [7, 11) is 0. The van der Waals surface area contributed by atoms with Crippen LogP contribution in [-0.2, 0) is 0 Å². The third-order valence-corrected chi connectivity index (χ3v) is 4.50. The van der Waals surface area contributed by atoms with Gasteiger partial charge >= 0.3 is 0 Å². The first-order valence-electron chi connectivity index (χ1n) is 7.61. The molecule has 0 bridgehead atoms. The molecular weight excluding hydrogens is 318 g/mol. The Morgan fingerprint density at radius 1 is 0.958 bits per heavy atom. The summed E-state index contributed by atoms with van der Waals surface area (Å²) >= 11 is 0.983. The van der Waals surface area contributed by atoms with E-state index in [-0.39, 0.29) is 4.74 Å². The molecule has 1 aromatic heterocycles. The predicted octanol–water partition coefficient (Wildman–Crippen LogP) is 4.71. The van der Waals surface area contributed by atoms with Crippen LogP contribution in [0.15, 0.2) is 65.5 Å². The first-order valence-corrected chi connectivity index (χ1v) is 8.42. The molecule has 0 unspecified atom stereocenters. The Bertz CT molecular complexity index is 941. The fraction of sp³-hybridized carbons (Fsp3) is 0.100. The van der Waals surface area contributed by atoms with Gasteiger partial charge in [0.2, 0.25) is 4.74 Å². The molecule has 3 nitrogen and oxygen atoms in total.